The lowest BCUT2D eigenvalue weighted by Crippen LogP contribution is -2.27. The number of rotatable bonds is 7. The second kappa shape index (κ2) is 9.45. The third-order valence-electron chi connectivity index (χ3n) is 4.17. The van der Waals surface area contributed by atoms with Crippen LogP contribution in [0.3, 0.4) is 0 Å². The van der Waals surface area contributed by atoms with Crippen molar-refractivity contribution < 1.29 is 4.79 Å². The van der Waals surface area contributed by atoms with Gasteiger partial charge in [0.25, 0.3) is 5.91 Å². The maximum absolute atomic E-state index is 12.0. The average molecular weight is 319 g/mol. The lowest BCUT2D eigenvalue weighted by molar-refractivity contribution is 0.0951. The summed E-state index contributed by atoms with van der Waals surface area (Å²) in [6.07, 6.45) is 11.7. The van der Waals surface area contributed by atoms with Crippen LogP contribution < -0.4 is 10.6 Å². The highest BCUT2D eigenvalue weighted by Gasteiger charge is 2.13. The van der Waals surface area contributed by atoms with Crippen LogP contribution in [0.15, 0.2) is 12.4 Å². The number of carbonyl (C=O) groups excluding carboxylic acids is 1. The Bertz CT molecular complexity index is 466. The summed E-state index contributed by atoms with van der Waals surface area (Å²) in [5.41, 5.74) is 0.515. The van der Waals surface area contributed by atoms with Crippen molar-refractivity contribution in [3.8, 4) is 0 Å². The second-order valence-electron chi connectivity index (χ2n) is 6.54. The van der Waals surface area contributed by atoms with E-state index in [1.54, 1.807) is 12.4 Å². The highest BCUT2D eigenvalue weighted by Crippen LogP contribution is 2.19. The number of carbonyl (C=O) groups is 1. The molecule has 0 aromatic carbocycles. The Morgan fingerprint density at radius 1 is 1.17 bits per heavy atom. The minimum absolute atomic E-state index is 0.107. The monoisotopic (exact) mass is 319 g/mol. The molecule has 6 heteroatoms. The summed E-state index contributed by atoms with van der Waals surface area (Å²) < 4.78 is 0. The van der Waals surface area contributed by atoms with Gasteiger partial charge >= 0.3 is 0 Å². The highest BCUT2D eigenvalue weighted by atomic mass is 16.1. The molecule has 23 heavy (non-hydrogen) atoms. The Kier molecular flexibility index (Phi) is 7.26. The Labute approximate surface area is 139 Å². The molecular weight excluding hydrogens is 290 g/mol. The average Bonchev–Trinajstić information content (AvgIpc) is 2.80. The van der Waals surface area contributed by atoms with Gasteiger partial charge in [-0.2, -0.15) is 0 Å². The number of anilines is 1. The van der Waals surface area contributed by atoms with Crippen molar-refractivity contribution >= 4 is 11.9 Å². The molecule has 6 nitrogen and oxygen atoms in total. The number of hydrogen-bond acceptors (Lipinski definition) is 5. The third-order valence-corrected chi connectivity index (χ3v) is 4.17. The van der Waals surface area contributed by atoms with Crippen LogP contribution in [0.25, 0.3) is 0 Å². The first-order valence-corrected chi connectivity index (χ1v) is 8.66. The fourth-order valence-corrected chi connectivity index (χ4v) is 2.83. The minimum Gasteiger partial charge on any atom is -0.352 e. The number of hydrogen-bond donors (Lipinski definition) is 2. The molecule has 0 aliphatic heterocycles. The van der Waals surface area contributed by atoms with E-state index in [4.69, 9.17) is 0 Å². The van der Waals surface area contributed by atoms with Gasteiger partial charge in [0.1, 0.15) is 0 Å². The maximum Gasteiger partial charge on any atom is 0.254 e. The molecule has 1 aliphatic rings. The first-order chi connectivity index (χ1) is 11.1. The van der Waals surface area contributed by atoms with Crippen LogP contribution in [0.4, 0.5) is 5.95 Å². The van der Waals surface area contributed by atoms with E-state index in [1.807, 2.05) is 14.1 Å². The summed E-state index contributed by atoms with van der Waals surface area (Å²) in [7, 11) is 4.05. The summed E-state index contributed by atoms with van der Waals surface area (Å²) >= 11 is 0. The van der Waals surface area contributed by atoms with Gasteiger partial charge in [0.2, 0.25) is 5.95 Å². The molecular formula is C17H29N5O. The van der Waals surface area contributed by atoms with Crippen LogP contribution in [0.2, 0.25) is 0 Å². The molecule has 1 aromatic heterocycles. The number of amides is 1. The number of aromatic nitrogens is 2. The van der Waals surface area contributed by atoms with Gasteiger partial charge in [0.15, 0.2) is 0 Å². The molecule has 1 amide bonds. The van der Waals surface area contributed by atoms with Crippen LogP contribution >= 0.6 is 0 Å². The molecule has 0 spiro atoms. The van der Waals surface area contributed by atoms with Gasteiger partial charge in [-0.1, -0.05) is 25.7 Å². The van der Waals surface area contributed by atoms with E-state index in [0.717, 1.165) is 13.0 Å². The van der Waals surface area contributed by atoms with Crippen molar-refractivity contribution in [2.75, 3.05) is 32.5 Å². The van der Waals surface area contributed by atoms with Crippen molar-refractivity contribution in [3.63, 3.8) is 0 Å². The fraction of sp³-hybridized carbons (Fsp3) is 0.706. The molecule has 1 saturated carbocycles. The Balaban J connectivity index is 1.77. The van der Waals surface area contributed by atoms with E-state index in [1.165, 1.54) is 38.5 Å². The molecule has 2 N–H and O–H groups in total. The summed E-state index contributed by atoms with van der Waals surface area (Å²) in [4.78, 5) is 22.7. The lowest BCUT2D eigenvalue weighted by Gasteiger charge is -2.16. The van der Waals surface area contributed by atoms with Crippen LogP contribution in [0.5, 0.6) is 0 Å². The first-order valence-electron chi connectivity index (χ1n) is 8.66. The van der Waals surface area contributed by atoms with E-state index >= 15 is 0 Å². The topological polar surface area (TPSA) is 70.2 Å². The van der Waals surface area contributed by atoms with Gasteiger partial charge in [0.05, 0.1) is 5.56 Å². The molecule has 0 radical (unpaired) electrons. The molecule has 1 fully saturated rings. The molecule has 0 bridgehead atoms. The number of nitrogens with zero attached hydrogens (tertiary/aromatic N) is 3. The molecule has 1 aromatic rings. The van der Waals surface area contributed by atoms with E-state index in [-0.39, 0.29) is 5.91 Å². The summed E-state index contributed by atoms with van der Waals surface area (Å²) in [5.74, 6) is 0.519. The zero-order valence-electron chi connectivity index (χ0n) is 14.3. The summed E-state index contributed by atoms with van der Waals surface area (Å²) in [6, 6.07) is 0.461. The van der Waals surface area contributed by atoms with Crippen molar-refractivity contribution in [3.05, 3.63) is 18.0 Å². The lowest BCUT2D eigenvalue weighted by atomic mass is 10.1. The molecule has 1 aliphatic carbocycles. The van der Waals surface area contributed by atoms with Gasteiger partial charge < -0.3 is 15.5 Å². The highest BCUT2D eigenvalue weighted by molar-refractivity contribution is 5.93. The van der Waals surface area contributed by atoms with Crippen molar-refractivity contribution in [2.24, 2.45) is 0 Å². The number of nitrogens with one attached hydrogen (secondary N) is 2. The van der Waals surface area contributed by atoms with E-state index in [0.29, 0.717) is 24.1 Å². The van der Waals surface area contributed by atoms with Crippen LogP contribution in [-0.4, -0.2) is 54.0 Å². The minimum atomic E-state index is -0.107. The molecule has 0 saturated heterocycles. The quantitative estimate of drug-likeness (QED) is 0.596. The van der Waals surface area contributed by atoms with Crippen molar-refractivity contribution in [1.82, 2.24) is 20.2 Å². The molecule has 0 unspecified atom stereocenters. The Hall–Kier alpha value is -1.69. The molecule has 2 rings (SSSR count). The van der Waals surface area contributed by atoms with E-state index in [9.17, 15) is 4.79 Å². The fourth-order valence-electron chi connectivity index (χ4n) is 2.83. The zero-order valence-corrected chi connectivity index (χ0v) is 14.3. The smallest absolute Gasteiger partial charge is 0.254 e. The van der Waals surface area contributed by atoms with Crippen LogP contribution in [0, 0.1) is 0 Å². The summed E-state index contributed by atoms with van der Waals surface area (Å²) in [5, 5.41) is 6.29. The standard InChI is InChI=1S/C17H29N5O/c1-22(2)11-7-10-18-16(23)14-12-19-17(20-13-14)21-15-8-5-3-4-6-9-15/h12-13,15H,3-11H2,1-2H3,(H,18,23)(H,19,20,21). The van der Waals surface area contributed by atoms with Gasteiger partial charge in [-0.05, 0) is 39.9 Å². The van der Waals surface area contributed by atoms with Gasteiger partial charge in [-0.15, -0.1) is 0 Å². The second-order valence-corrected chi connectivity index (χ2v) is 6.54. The third kappa shape index (κ3) is 6.52. The van der Waals surface area contributed by atoms with Crippen LogP contribution in [0.1, 0.15) is 55.3 Å². The SMILES string of the molecule is CN(C)CCCNC(=O)c1cnc(NC2CCCCCC2)nc1. The molecule has 128 valence electrons. The van der Waals surface area contributed by atoms with Gasteiger partial charge in [-0.25, -0.2) is 9.97 Å². The Morgan fingerprint density at radius 3 is 2.43 bits per heavy atom. The molecule has 0 atom stereocenters. The van der Waals surface area contributed by atoms with E-state index < -0.39 is 0 Å². The van der Waals surface area contributed by atoms with Crippen molar-refractivity contribution in [1.29, 1.82) is 0 Å². The Morgan fingerprint density at radius 2 is 1.83 bits per heavy atom. The predicted octanol–water partition coefficient (Wildman–Crippen LogP) is 2.29. The van der Waals surface area contributed by atoms with Gasteiger partial charge in [-0.3, -0.25) is 4.79 Å². The van der Waals surface area contributed by atoms with Crippen molar-refractivity contribution in [2.45, 2.75) is 51.0 Å². The summed E-state index contributed by atoms with van der Waals surface area (Å²) in [6.45, 7) is 1.63. The maximum atomic E-state index is 12.0. The van der Waals surface area contributed by atoms with Crippen LogP contribution in [-0.2, 0) is 0 Å². The zero-order chi connectivity index (χ0) is 16.5. The van der Waals surface area contributed by atoms with Gasteiger partial charge in [0, 0.05) is 25.0 Å². The predicted molar refractivity (Wildman–Crippen MR) is 92.6 cm³/mol. The molecule has 1 heterocycles. The van der Waals surface area contributed by atoms with E-state index in [2.05, 4.69) is 25.5 Å². The first kappa shape index (κ1) is 17.7. The normalized spacial score (nSPS) is 16.1. The largest absolute Gasteiger partial charge is 0.352 e.